The highest BCUT2D eigenvalue weighted by Crippen LogP contribution is 2.34. The van der Waals surface area contributed by atoms with Crippen molar-refractivity contribution in [2.75, 3.05) is 63.9 Å². The highest BCUT2D eigenvalue weighted by atomic mass is 16.5. The minimum atomic E-state index is -0.117. The number of pyridine rings is 2. The maximum atomic E-state index is 6.89. The van der Waals surface area contributed by atoms with Crippen molar-refractivity contribution in [2.45, 2.75) is 32.2 Å². The average molecular weight is 504 g/mol. The second kappa shape index (κ2) is 9.92. The van der Waals surface area contributed by atoms with Gasteiger partial charge in [-0.1, -0.05) is 6.92 Å². The van der Waals surface area contributed by atoms with E-state index in [1.807, 2.05) is 30.0 Å². The molecule has 0 aliphatic carbocycles. The first-order chi connectivity index (χ1) is 18.0. The molecule has 37 heavy (non-hydrogen) atoms. The summed E-state index contributed by atoms with van der Waals surface area (Å²) in [7, 11) is 0. The maximum absolute atomic E-state index is 6.89. The monoisotopic (exact) mass is 503 g/mol. The number of hydrogen-bond donors (Lipinski definition) is 2. The first kappa shape index (κ1) is 24.1. The molecule has 0 unspecified atom stereocenters. The van der Waals surface area contributed by atoms with Crippen LogP contribution in [0.3, 0.4) is 0 Å². The Kier molecular flexibility index (Phi) is 6.48. The van der Waals surface area contributed by atoms with Crippen molar-refractivity contribution in [1.29, 1.82) is 0 Å². The number of piperidine rings is 1. The average Bonchev–Trinajstić information content (AvgIpc) is 3.51. The second-order valence-corrected chi connectivity index (χ2v) is 10.4. The van der Waals surface area contributed by atoms with Crippen LogP contribution in [-0.4, -0.2) is 99.1 Å². The Bertz CT molecular complexity index is 1350. The molecule has 3 N–H and O–H groups in total. The van der Waals surface area contributed by atoms with Crippen LogP contribution in [0, 0.1) is 0 Å². The van der Waals surface area contributed by atoms with Gasteiger partial charge in [0.1, 0.15) is 11.6 Å². The quantitative estimate of drug-likeness (QED) is 0.397. The van der Waals surface area contributed by atoms with Crippen molar-refractivity contribution in [3.05, 3.63) is 36.8 Å². The molecule has 2 saturated heterocycles. The van der Waals surface area contributed by atoms with Crippen LogP contribution >= 0.6 is 0 Å². The SMILES string of the molecule is CCOc1cc(-c2ccc(N3CCC(N)(CN4CCN(CC)CC4)CC3)nc2)c2c3cn[nH]c3nn2c1. The molecule has 0 bridgehead atoms. The lowest BCUT2D eigenvalue weighted by Crippen LogP contribution is -2.59. The lowest BCUT2D eigenvalue weighted by Gasteiger charge is -2.44. The van der Waals surface area contributed by atoms with Gasteiger partial charge in [-0.25, -0.2) is 9.50 Å². The smallest absolute Gasteiger partial charge is 0.178 e. The molecule has 10 heteroatoms. The number of likely N-dealkylation sites (N-methyl/N-ethyl adjacent to an activating group) is 1. The standard InChI is InChI=1S/C27H37N9O/c1-3-33-11-13-34(14-12-33)19-27(28)7-9-35(10-8-27)24-6-5-20(16-29-24)22-15-21(37-4-2)18-36-25(22)23-17-30-31-26(23)32-36/h5-6,15-18H,3-4,7-14,19,28H2,1-2H3,(H,31,32). The summed E-state index contributed by atoms with van der Waals surface area (Å²) < 4.78 is 7.69. The summed E-state index contributed by atoms with van der Waals surface area (Å²) in [5, 5.41) is 12.7. The molecule has 0 spiro atoms. The van der Waals surface area contributed by atoms with Crippen molar-refractivity contribution in [3.8, 4) is 16.9 Å². The molecule has 0 saturated carbocycles. The van der Waals surface area contributed by atoms with Gasteiger partial charge in [-0.05, 0) is 44.5 Å². The third-order valence-corrected chi connectivity index (χ3v) is 8.01. The van der Waals surface area contributed by atoms with E-state index in [-0.39, 0.29) is 5.54 Å². The van der Waals surface area contributed by atoms with E-state index in [0.717, 1.165) is 104 Å². The minimum Gasteiger partial charge on any atom is -0.492 e. The van der Waals surface area contributed by atoms with E-state index in [2.05, 4.69) is 55.1 Å². The van der Waals surface area contributed by atoms with Gasteiger partial charge in [0.15, 0.2) is 5.65 Å². The van der Waals surface area contributed by atoms with Crippen LogP contribution in [0.1, 0.15) is 26.7 Å². The zero-order valence-electron chi connectivity index (χ0n) is 21.9. The van der Waals surface area contributed by atoms with Crippen LogP contribution in [0.4, 0.5) is 5.82 Å². The van der Waals surface area contributed by atoms with E-state index in [9.17, 15) is 0 Å². The second-order valence-electron chi connectivity index (χ2n) is 10.4. The first-order valence-corrected chi connectivity index (χ1v) is 13.5. The molecule has 0 atom stereocenters. The van der Waals surface area contributed by atoms with Gasteiger partial charge in [-0.3, -0.25) is 10.00 Å². The van der Waals surface area contributed by atoms with Crippen LogP contribution in [0.2, 0.25) is 0 Å². The summed E-state index contributed by atoms with van der Waals surface area (Å²) in [5.41, 5.74) is 10.6. The lowest BCUT2D eigenvalue weighted by atomic mass is 9.87. The first-order valence-electron chi connectivity index (χ1n) is 13.5. The number of aromatic amines is 1. The number of H-pyrrole nitrogens is 1. The number of nitrogens with two attached hydrogens (primary N) is 1. The van der Waals surface area contributed by atoms with E-state index >= 15 is 0 Å². The van der Waals surface area contributed by atoms with Gasteiger partial charge in [0.2, 0.25) is 0 Å². The van der Waals surface area contributed by atoms with Crippen LogP contribution in [0.25, 0.3) is 27.7 Å². The summed E-state index contributed by atoms with van der Waals surface area (Å²) in [6.45, 7) is 13.4. The molecule has 4 aromatic heterocycles. The molecule has 196 valence electrons. The van der Waals surface area contributed by atoms with Crippen LogP contribution < -0.4 is 15.4 Å². The number of rotatable bonds is 7. The Labute approximate surface area is 217 Å². The Hall–Kier alpha value is -3.21. The van der Waals surface area contributed by atoms with Crippen molar-refractivity contribution in [2.24, 2.45) is 5.73 Å². The van der Waals surface area contributed by atoms with Crippen molar-refractivity contribution in [3.63, 3.8) is 0 Å². The van der Waals surface area contributed by atoms with Crippen LogP contribution in [0.5, 0.6) is 5.75 Å². The number of nitrogens with one attached hydrogen (secondary N) is 1. The number of piperazine rings is 1. The Morgan fingerprint density at radius 3 is 2.51 bits per heavy atom. The van der Waals surface area contributed by atoms with E-state index < -0.39 is 0 Å². The number of hydrogen-bond acceptors (Lipinski definition) is 8. The van der Waals surface area contributed by atoms with Gasteiger partial charge in [-0.15, -0.1) is 5.10 Å². The lowest BCUT2D eigenvalue weighted by molar-refractivity contribution is 0.106. The third-order valence-electron chi connectivity index (χ3n) is 8.01. The Balaban J connectivity index is 1.17. The van der Waals surface area contributed by atoms with Gasteiger partial charge in [-0.2, -0.15) is 5.10 Å². The summed E-state index contributed by atoms with van der Waals surface area (Å²) in [4.78, 5) is 12.3. The maximum Gasteiger partial charge on any atom is 0.178 e. The van der Waals surface area contributed by atoms with E-state index in [1.165, 1.54) is 0 Å². The number of anilines is 1. The summed E-state index contributed by atoms with van der Waals surface area (Å²) in [6, 6.07) is 6.33. The molecule has 0 radical (unpaired) electrons. The van der Waals surface area contributed by atoms with Gasteiger partial charge in [0.25, 0.3) is 0 Å². The van der Waals surface area contributed by atoms with E-state index in [1.54, 1.807) is 0 Å². The molecular formula is C27H37N9O. The number of aromatic nitrogens is 5. The molecule has 6 heterocycles. The molecule has 4 aromatic rings. The summed E-state index contributed by atoms with van der Waals surface area (Å²) in [6.07, 6.45) is 7.65. The number of fused-ring (bicyclic) bond motifs is 3. The third kappa shape index (κ3) is 4.76. The molecule has 6 rings (SSSR count). The fourth-order valence-corrected chi connectivity index (χ4v) is 5.79. The number of ether oxygens (including phenoxy) is 1. The predicted molar refractivity (Wildman–Crippen MR) is 146 cm³/mol. The molecule has 2 fully saturated rings. The molecule has 0 amide bonds. The zero-order valence-corrected chi connectivity index (χ0v) is 21.9. The number of nitrogens with zero attached hydrogens (tertiary/aromatic N) is 7. The van der Waals surface area contributed by atoms with Crippen molar-refractivity contribution in [1.82, 2.24) is 34.6 Å². The Morgan fingerprint density at radius 1 is 1.03 bits per heavy atom. The van der Waals surface area contributed by atoms with E-state index in [0.29, 0.717) is 6.61 Å². The molecule has 2 aliphatic rings. The summed E-state index contributed by atoms with van der Waals surface area (Å²) in [5.74, 6) is 1.78. The van der Waals surface area contributed by atoms with Gasteiger partial charge in [0, 0.05) is 68.7 Å². The van der Waals surface area contributed by atoms with Gasteiger partial charge < -0.3 is 20.3 Å². The van der Waals surface area contributed by atoms with Gasteiger partial charge in [0.05, 0.1) is 29.9 Å². The predicted octanol–water partition coefficient (Wildman–Crippen LogP) is 2.61. The highest BCUT2D eigenvalue weighted by molar-refractivity contribution is 6.00. The fraction of sp³-hybridized carbons (Fsp3) is 0.519. The molecule has 10 nitrogen and oxygen atoms in total. The van der Waals surface area contributed by atoms with Crippen molar-refractivity contribution < 1.29 is 4.74 Å². The summed E-state index contributed by atoms with van der Waals surface area (Å²) >= 11 is 0. The zero-order chi connectivity index (χ0) is 25.4. The Morgan fingerprint density at radius 2 is 1.81 bits per heavy atom. The molecular weight excluding hydrogens is 466 g/mol. The van der Waals surface area contributed by atoms with Gasteiger partial charge >= 0.3 is 0 Å². The molecule has 2 aliphatic heterocycles. The van der Waals surface area contributed by atoms with Crippen LogP contribution in [0.15, 0.2) is 36.8 Å². The van der Waals surface area contributed by atoms with E-state index in [4.69, 9.17) is 15.5 Å². The largest absolute Gasteiger partial charge is 0.492 e. The fourth-order valence-electron chi connectivity index (χ4n) is 5.79. The van der Waals surface area contributed by atoms with Crippen molar-refractivity contribution >= 4 is 22.4 Å². The molecule has 0 aromatic carbocycles. The highest BCUT2D eigenvalue weighted by Gasteiger charge is 2.33. The topological polar surface area (TPSA) is 104 Å². The van der Waals surface area contributed by atoms with Crippen LogP contribution in [-0.2, 0) is 0 Å². The minimum absolute atomic E-state index is 0.117. The normalized spacial score (nSPS) is 19.2.